The summed E-state index contributed by atoms with van der Waals surface area (Å²) in [6, 6.07) is 0. The van der Waals surface area contributed by atoms with Gasteiger partial charge in [0.05, 0.1) is 51.0 Å². The molecule has 2 bridgehead atoms. The molecule has 1 saturated heterocycles. The number of allylic oxidation sites excluding steroid dienone is 2. The van der Waals surface area contributed by atoms with Crippen LogP contribution >= 0.6 is 0 Å². The molecule has 5 aliphatic carbocycles. The molecule has 6 aliphatic rings. The van der Waals surface area contributed by atoms with Gasteiger partial charge in [0.15, 0.2) is 0 Å². The molecule has 1 heterocycles. The van der Waals surface area contributed by atoms with Gasteiger partial charge in [0.2, 0.25) is 11.8 Å². The second kappa shape index (κ2) is 9.18. The van der Waals surface area contributed by atoms with Crippen molar-refractivity contribution in [2.24, 2.45) is 51.8 Å². The van der Waals surface area contributed by atoms with Crippen LogP contribution in [-0.4, -0.2) is 66.0 Å². The van der Waals surface area contributed by atoms with Crippen LogP contribution in [0.15, 0.2) is 11.6 Å². The van der Waals surface area contributed by atoms with Crippen LogP contribution in [0.4, 0.5) is 0 Å². The Labute approximate surface area is 233 Å². The Kier molecular flexibility index (Phi) is 7.14. The lowest BCUT2D eigenvalue weighted by Crippen LogP contribution is -3.00. The van der Waals surface area contributed by atoms with Crippen molar-refractivity contribution in [3.8, 4) is 0 Å². The van der Waals surface area contributed by atoms with Crippen molar-refractivity contribution in [2.75, 3.05) is 33.7 Å². The summed E-state index contributed by atoms with van der Waals surface area (Å²) < 4.78 is 0.784. The highest BCUT2D eigenvalue weighted by Gasteiger charge is 2.73. The number of amides is 2. The number of imide groups is 1. The standard InChI is InChI=1S/C30H46N2O4.BrH/c1-8-32(6,7)15-14-31-25(33)23-19-16-22-28(4)11-9-12-29(5,27(35)36)21(28)10-13-30(22,24(23)26(31)34)17-20(19)18(2)3;/h17-19,21-24H,8-16H2,1-7H3;1H/t19?,21-,22-,23?,24?,28+,29-,30?;/m1./s1. The van der Waals surface area contributed by atoms with E-state index in [9.17, 15) is 19.5 Å². The van der Waals surface area contributed by atoms with Crippen LogP contribution in [0.5, 0.6) is 0 Å². The van der Waals surface area contributed by atoms with E-state index in [-0.39, 0.29) is 69.2 Å². The van der Waals surface area contributed by atoms with E-state index in [4.69, 9.17) is 0 Å². The van der Waals surface area contributed by atoms with Crippen LogP contribution in [0.2, 0.25) is 0 Å². The van der Waals surface area contributed by atoms with E-state index in [0.717, 1.165) is 56.1 Å². The van der Waals surface area contributed by atoms with Gasteiger partial charge in [-0.25, -0.2) is 0 Å². The number of carboxylic acid groups (broad SMARTS) is 1. The maximum atomic E-state index is 14.1. The SMILES string of the molecule is CC[N+](C)(C)CCN1C(=O)C2C3C[C@H]4C(C=C3C(C)C)(CC[C@@H]3[C@]4(C)CCC[C@@]3(C)C(=O)O)C2C1=O.[Br-]. The van der Waals surface area contributed by atoms with Gasteiger partial charge in [0.1, 0.15) is 0 Å². The highest BCUT2D eigenvalue weighted by molar-refractivity contribution is 6.06. The summed E-state index contributed by atoms with van der Waals surface area (Å²) in [5, 5.41) is 10.3. The zero-order valence-electron chi connectivity index (χ0n) is 23.8. The van der Waals surface area contributed by atoms with Gasteiger partial charge in [-0.1, -0.05) is 38.8 Å². The van der Waals surface area contributed by atoms with E-state index in [1.807, 2.05) is 6.92 Å². The molecule has 4 fully saturated rings. The van der Waals surface area contributed by atoms with E-state index in [0.29, 0.717) is 12.5 Å². The van der Waals surface area contributed by atoms with E-state index >= 15 is 0 Å². The molecule has 0 radical (unpaired) electrons. The number of likely N-dealkylation sites (tertiary alicyclic amines) is 1. The molecule has 0 aromatic rings. The molecule has 6 rings (SSSR count). The minimum absolute atomic E-state index is 0. The second-order valence-corrected chi connectivity index (χ2v) is 14.3. The molecule has 1 spiro atoms. The Morgan fingerprint density at radius 3 is 2.41 bits per heavy atom. The van der Waals surface area contributed by atoms with E-state index < -0.39 is 11.4 Å². The van der Waals surface area contributed by atoms with Gasteiger partial charge in [-0.15, -0.1) is 0 Å². The Bertz CT molecular complexity index is 1020. The zero-order chi connectivity index (χ0) is 26.4. The molecule has 1 aliphatic heterocycles. The molecule has 6 nitrogen and oxygen atoms in total. The number of nitrogens with zero attached hydrogens (tertiary/aromatic N) is 2. The Hall–Kier alpha value is -1.21. The molecule has 0 aromatic carbocycles. The molecule has 37 heavy (non-hydrogen) atoms. The van der Waals surface area contributed by atoms with Crippen molar-refractivity contribution in [1.29, 1.82) is 0 Å². The Morgan fingerprint density at radius 1 is 1.14 bits per heavy atom. The largest absolute Gasteiger partial charge is 1.00 e. The smallest absolute Gasteiger partial charge is 0.309 e. The quantitative estimate of drug-likeness (QED) is 0.295. The van der Waals surface area contributed by atoms with E-state index in [2.05, 4.69) is 47.9 Å². The number of quaternary nitrogens is 1. The van der Waals surface area contributed by atoms with Crippen LogP contribution in [-0.2, 0) is 14.4 Å². The highest BCUT2D eigenvalue weighted by atomic mass is 79.9. The summed E-state index contributed by atoms with van der Waals surface area (Å²) in [6.45, 7) is 13.1. The maximum absolute atomic E-state index is 14.1. The molecular weight excluding hydrogens is 532 g/mol. The van der Waals surface area contributed by atoms with Gasteiger partial charge in [0.25, 0.3) is 0 Å². The second-order valence-electron chi connectivity index (χ2n) is 14.3. The summed E-state index contributed by atoms with van der Waals surface area (Å²) in [5.74, 6) is -0.236. The van der Waals surface area contributed by atoms with Gasteiger partial charge in [0, 0.05) is 5.41 Å². The first-order chi connectivity index (χ1) is 16.7. The first-order valence-corrected chi connectivity index (χ1v) is 14.4. The summed E-state index contributed by atoms with van der Waals surface area (Å²) in [7, 11) is 4.30. The van der Waals surface area contributed by atoms with Gasteiger partial charge < -0.3 is 26.6 Å². The summed E-state index contributed by atoms with van der Waals surface area (Å²) in [5.41, 5.74) is 0.223. The maximum Gasteiger partial charge on any atom is 0.309 e. The number of hydrogen-bond donors (Lipinski definition) is 1. The minimum Gasteiger partial charge on any atom is -1.00 e. The lowest BCUT2D eigenvalue weighted by molar-refractivity contribution is -0.887. The van der Waals surface area contributed by atoms with E-state index in [1.54, 1.807) is 4.90 Å². The first-order valence-electron chi connectivity index (χ1n) is 14.4. The molecule has 208 valence electrons. The molecule has 8 atom stereocenters. The van der Waals surface area contributed by atoms with Crippen LogP contribution in [0.1, 0.15) is 73.1 Å². The summed E-state index contributed by atoms with van der Waals surface area (Å²) in [4.78, 5) is 42.2. The zero-order valence-corrected chi connectivity index (χ0v) is 25.4. The third kappa shape index (κ3) is 3.83. The average molecular weight is 580 g/mol. The topological polar surface area (TPSA) is 74.7 Å². The van der Waals surface area contributed by atoms with Crippen molar-refractivity contribution in [3.05, 3.63) is 11.6 Å². The minimum atomic E-state index is -0.708. The Balaban J connectivity index is 0.00000320. The number of likely N-dealkylation sites (N-methyl/N-ethyl adjacent to an activating group) is 1. The van der Waals surface area contributed by atoms with Gasteiger partial charge in [-0.2, -0.15) is 0 Å². The van der Waals surface area contributed by atoms with Gasteiger partial charge in [-0.05, 0) is 75.0 Å². The number of carbonyl (C=O) groups excluding carboxylic acids is 2. The average Bonchev–Trinajstić information content (AvgIpc) is 3.08. The number of fused-ring (bicyclic) bond motifs is 1. The molecule has 4 unspecified atom stereocenters. The first kappa shape index (κ1) is 28.8. The fourth-order valence-corrected chi connectivity index (χ4v) is 9.77. The normalized spacial score (nSPS) is 42.6. The predicted octanol–water partition coefficient (Wildman–Crippen LogP) is 1.60. The van der Waals surface area contributed by atoms with Crippen molar-refractivity contribution < 1.29 is 41.0 Å². The van der Waals surface area contributed by atoms with E-state index in [1.165, 1.54) is 5.57 Å². The monoisotopic (exact) mass is 578 g/mol. The number of rotatable bonds is 6. The molecule has 2 amide bonds. The van der Waals surface area contributed by atoms with Crippen LogP contribution in [0.25, 0.3) is 0 Å². The summed E-state index contributed by atoms with van der Waals surface area (Å²) in [6.07, 6.45) is 7.73. The number of aliphatic carboxylic acids is 1. The van der Waals surface area contributed by atoms with Crippen molar-refractivity contribution in [3.63, 3.8) is 0 Å². The van der Waals surface area contributed by atoms with Crippen LogP contribution in [0, 0.1) is 51.8 Å². The Morgan fingerprint density at radius 2 is 1.81 bits per heavy atom. The fraction of sp³-hybridized carbons (Fsp3) is 0.833. The molecule has 0 aromatic heterocycles. The van der Waals surface area contributed by atoms with Crippen molar-refractivity contribution >= 4 is 17.8 Å². The molecular formula is C30H47BrN2O4. The predicted molar refractivity (Wildman–Crippen MR) is 139 cm³/mol. The third-order valence-corrected chi connectivity index (χ3v) is 12.0. The summed E-state index contributed by atoms with van der Waals surface area (Å²) >= 11 is 0. The number of halogens is 1. The lowest BCUT2D eigenvalue weighted by Gasteiger charge is -2.68. The van der Waals surface area contributed by atoms with Gasteiger partial charge >= 0.3 is 5.97 Å². The van der Waals surface area contributed by atoms with Crippen LogP contribution in [0.3, 0.4) is 0 Å². The number of hydrogen-bond acceptors (Lipinski definition) is 3. The molecule has 1 N–H and O–H groups in total. The number of carboxylic acids is 1. The third-order valence-electron chi connectivity index (χ3n) is 12.0. The van der Waals surface area contributed by atoms with Crippen molar-refractivity contribution in [1.82, 2.24) is 4.90 Å². The van der Waals surface area contributed by atoms with Crippen molar-refractivity contribution in [2.45, 2.75) is 73.1 Å². The van der Waals surface area contributed by atoms with Crippen LogP contribution < -0.4 is 17.0 Å². The fourth-order valence-electron chi connectivity index (χ4n) is 9.77. The molecule has 3 saturated carbocycles. The number of carbonyl (C=O) groups is 3. The van der Waals surface area contributed by atoms with Gasteiger partial charge in [-0.3, -0.25) is 19.3 Å². The molecule has 7 heteroatoms. The lowest BCUT2D eigenvalue weighted by atomic mass is 9.34. The highest BCUT2D eigenvalue weighted by Crippen LogP contribution is 2.74.